The highest BCUT2D eigenvalue weighted by Crippen LogP contribution is 2.21. The number of carbonyl (C=O) groups excluding carboxylic acids is 3. The van der Waals surface area contributed by atoms with Crippen LogP contribution in [-0.2, 0) is 11.3 Å². The van der Waals surface area contributed by atoms with E-state index in [1.807, 2.05) is 55.5 Å². The van der Waals surface area contributed by atoms with Gasteiger partial charge >= 0.3 is 0 Å². The van der Waals surface area contributed by atoms with Crippen LogP contribution < -0.4 is 15.5 Å². The molecule has 6 heteroatoms. The second-order valence-electron chi connectivity index (χ2n) is 8.25. The SMILES string of the molecule is Cc1ccc(C(=O)Nc2cccc(CNC(=O)c3ccc(N4CCCCC4=O)cc3)c2)cc1. The fraction of sp³-hybridized carbons (Fsp3) is 0.222. The van der Waals surface area contributed by atoms with E-state index in [4.69, 9.17) is 0 Å². The van der Waals surface area contributed by atoms with E-state index < -0.39 is 0 Å². The van der Waals surface area contributed by atoms with Crippen molar-refractivity contribution in [2.75, 3.05) is 16.8 Å². The monoisotopic (exact) mass is 441 g/mol. The number of piperidine rings is 1. The maximum Gasteiger partial charge on any atom is 0.255 e. The highest BCUT2D eigenvalue weighted by Gasteiger charge is 2.19. The van der Waals surface area contributed by atoms with Crippen molar-refractivity contribution in [3.8, 4) is 0 Å². The minimum Gasteiger partial charge on any atom is -0.348 e. The van der Waals surface area contributed by atoms with Crippen LogP contribution in [0.1, 0.15) is 51.1 Å². The Bertz CT molecular complexity index is 1150. The number of nitrogens with one attached hydrogen (secondary N) is 2. The van der Waals surface area contributed by atoms with Gasteiger partial charge in [-0.2, -0.15) is 0 Å². The van der Waals surface area contributed by atoms with E-state index in [1.54, 1.807) is 29.2 Å². The van der Waals surface area contributed by atoms with Crippen LogP contribution in [0, 0.1) is 6.92 Å². The minimum atomic E-state index is -0.194. The maximum atomic E-state index is 12.6. The van der Waals surface area contributed by atoms with Crippen molar-refractivity contribution < 1.29 is 14.4 Å². The molecule has 168 valence electrons. The highest BCUT2D eigenvalue weighted by atomic mass is 16.2. The Kier molecular flexibility index (Phi) is 6.83. The van der Waals surface area contributed by atoms with Gasteiger partial charge in [-0.15, -0.1) is 0 Å². The van der Waals surface area contributed by atoms with Gasteiger partial charge in [-0.25, -0.2) is 0 Å². The Hall–Kier alpha value is -3.93. The summed E-state index contributed by atoms with van der Waals surface area (Å²) in [6, 6.07) is 21.9. The predicted molar refractivity (Wildman–Crippen MR) is 129 cm³/mol. The number of carbonyl (C=O) groups is 3. The van der Waals surface area contributed by atoms with E-state index in [9.17, 15) is 14.4 Å². The Balaban J connectivity index is 1.34. The van der Waals surface area contributed by atoms with Gasteiger partial charge in [0.25, 0.3) is 11.8 Å². The molecule has 33 heavy (non-hydrogen) atoms. The van der Waals surface area contributed by atoms with Gasteiger partial charge in [-0.3, -0.25) is 14.4 Å². The molecule has 0 radical (unpaired) electrons. The second-order valence-corrected chi connectivity index (χ2v) is 8.25. The quantitative estimate of drug-likeness (QED) is 0.582. The third kappa shape index (κ3) is 5.66. The van der Waals surface area contributed by atoms with Gasteiger partial charge in [0.15, 0.2) is 0 Å². The fourth-order valence-electron chi connectivity index (χ4n) is 3.82. The predicted octanol–water partition coefficient (Wildman–Crippen LogP) is 4.69. The molecule has 4 rings (SSSR count). The molecule has 2 N–H and O–H groups in total. The molecule has 0 saturated carbocycles. The molecule has 0 bridgehead atoms. The lowest BCUT2D eigenvalue weighted by atomic mass is 10.1. The van der Waals surface area contributed by atoms with Gasteiger partial charge in [0.1, 0.15) is 0 Å². The molecule has 0 aliphatic carbocycles. The van der Waals surface area contributed by atoms with E-state index in [0.717, 1.165) is 36.2 Å². The number of nitrogens with zero attached hydrogens (tertiary/aromatic N) is 1. The zero-order chi connectivity index (χ0) is 23.2. The standard InChI is InChI=1S/C27H27N3O3/c1-19-8-10-22(11-9-19)27(33)29-23-6-4-5-20(17-23)18-28-26(32)21-12-14-24(15-13-21)30-16-3-2-7-25(30)31/h4-6,8-15,17H,2-3,7,16,18H2,1H3,(H,28,32)(H,29,33). The maximum absolute atomic E-state index is 12.6. The largest absolute Gasteiger partial charge is 0.348 e. The van der Waals surface area contributed by atoms with Crippen LogP contribution >= 0.6 is 0 Å². The average Bonchev–Trinajstić information content (AvgIpc) is 2.83. The van der Waals surface area contributed by atoms with E-state index >= 15 is 0 Å². The van der Waals surface area contributed by atoms with Crippen LogP contribution in [0.2, 0.25) is 0 Å². The lowest BCUT2D eigenvalue weighted by molar-refractivity contribution is -0.119. The van der Waals surface area contributed by atoms with Crippen LogP contribution in [0.5, 0.6) is 0 Å². The van der Waals surface area contributed by atoms with Crippen LogP contribution in [0.25, 0.3) is 0 Å². The van der Waals surface area contributed by atoms with Gasteiger partial charge in [-0.1, -0.05) is 29.8 Å². The molecule has 1 heterocycles. The van der Waals surface area contributed by atoms with Gasteiger partial charge < -0.3 is 15.5 Å². The normalized spacial score (nSPS) is 13.5. The Morgan fingerprint density at radius 2 is 1.58 bits per heavy atom. The third-order valence-electron chi connectivity index (χ3n) is 5.72. The van der Waals surface area contributed by atoms with Gasteiger partial charge in [0.05, 0.1) is 0 Å². The molecule has 3 aromatic carbocycles. The topological polar surface area (TPSA) is 78.5 Å². The summed E-state index contributed by atoms with van der Waals surface area (Å²) in [7, 11) is 0. The smallest absolute Gasteiger partial charge is 0.255 e. The number of hydrogen-bond donors (Lipinski definition) is 2. The summed E-state index contributed by atoms with van der Waals surface area (Å²) in [5.41, 5.74) is 4.59. The number of rotatable bonds is 6. The molecular formula is C27H27N3O3. The fourth-order valence-corrected chi connectivity index (χ4v) is 3.82. The lowest BCUT2D eigenvalue weighted by Gasteiger charge is -2.26. The first-order valence-electron chi connectivity index (χ1n) is 11.2. The van der Waals surface area contributed by atoms with E-state index in [0.29, 0.717) is 29.8 Å². The van der Waals surface area contributed by atoms with Crippen molar-refractivity contribution in [3.05, 3.63) is 95.1 Å². The molecule has 3 amide bonds. The number of hydrogen-bond acceptors (Lipinski definition) is 3. The summed E-state index contributed by atoms with van der Waals surface area (Å²) in [5, 5.41) is 5.80. The second kappa shape index (κ2) is 10.1. The van der Waals surface area contributed by atoms with Crippen molar-refractivity contribution in [1.29, 1.82) is 0 Å². The van der Waals surface area contributed by atoms with Crippen LogP contribution in [-0.4, -0.2) is 24.3 Å². The number of anilines is 2. The summed E-state index contributed by atoms with van der Waals surface area (Å²) in [6.07, 6.45) is 2.51. The number of amides is 3. The first kappa shape index (κ1) is 22.3. The van der Waals surface area contributed by atoms with E-state index in [1.165, 1.54) is 0 Å². The van der Waals surface area contributed by atoms with Crippen LogP contribution in [0.4, 0.5) is 11.4 Å². The molecule has 0 aromatic heterocycles. The summed E-state index contributed by atoms with van der Waals surface area (Å²) in [4.78, 5) is 38.9. The van der Waals surface area contributed by atoms with Crippen molar-refractivity contribution in [1.82, 2.24) is 5.32 Å². The van der Waals surface area contributed by atoms with E-state index in [2.05, 4.69) is 10.6 Å². The van der Waals surface area contributed by atoms with E-state index in [-0.39, 0.29) is 17.7 Å². The van der Waals surface area contributed by atoms with Gasteiger partial charge in [0.2, 0.25) is 5.91 Å². The molecule has 3 aromatic rings. The molecule has 0 spiro atoms. The zero-order valence-electron chi connectivity index (χ0n) is 18.6. The first-order valence-corrected chi connectivity index (χ1v) is 11.2. The Labute approximate surface area is 193 Å². The molecule has 1 saturated heterocycles. The first-order chi connectivity index (χ1) is 16.0. The molecule has 0 unspecified atom stereocenters. The minimum absolute atomic E-state index is 0.132. The summed E-state index contributed by atoms with van der Waals surface area (Å²) in [6.45, 7) is 3.03. The highest BCUT2D eigenvalue weighted by molar-refractivity contribution is 6.04. The Morgan fingerprint density at radius 3 is 2.30 bits per heavy atom. The van der Waals surface area contributed by atoms with Crippen molar-refractivity contribution in [3.63, 3.8) is 0 Å². The zero-order valence-corrected chi connectivity index (χ0v) is 18.6. The molecule has 1 aliphatic heterocycles. The molecular weight excluding hydrogens is 414 g/mol. The Morgan fingerprint density at radius 1 is 0.879 bits per heavy atom. The van der Waals surface area contributed by atoms with Crippen LogP contribution in [0.3, 0.4) is 0 Å². The van der Waals surface area contributed by atoms with Crippen molar-refractivity contribution in [2.24, 2.45) is 0 Å². The van der Waals surface area contributed by atoms with Gasteiger partial charge in [-0.05, 0) is 73.9 Å². The molecule has 1 fully saturated rings. The summed E-state index contributed by atoms with van der Waals surface area (Å²) >= 11 is 0. The van der Waals surface area contributed by atoms with Gasteiger partial charge in [0, 0.05) is 42.0 Å². The summed E-state index contributed by atoms with van der Waals surface area (Å²) < 4.78 is 0. The molecule has 0 atom stereocenters. The van der Waals surface area contributed by atoms with Crippen LogP contribution in [0.15, 0.2) is 72.8 Å². The summed E-state index contributed by atoms with van der Waals surface area (Å²) in [5.74, 6) is -0.239. The van der Waals surface area contributed by atoms with Crippen molar-refractivity contribution >= 4 is 29.1 Å². The number of aryl methyl sites for hydroxylation is 1. The molecule has 6 nitrogen and oxygen atoms in total. The van der Waals surface area contributed by atoms with Crippen molar-refractivity contribution in [2.45, 2.75) is 32.7 Å². The third-order valence-corrected chi connectivity index (χ3v) is 5.72. The average molecular weight is 442 g/mol. The lowest BCUT2D eigenvalue weighted by Crippen LogP contribution is -2.35. The number of benzene rings is 3. The molecule has 1 aliphatic rings.